The normalized spacial score (nSPS) is 12.3. The lowest BCUT2D eigenvalue weighted by molar-refractivity contribution is -0.141. The first-order chi connectivity index (χ1) is 12.5. The molecule has 0 saturated carbocycles. The average molecular weight is 399 g/mol. The Labute approximate surface area is 152 Å². The summed E-state index contributed by atoms with van der Waals surface area (Å²) in [5, 5.41) is 8.59. The minimum atomic E-state index is -4.66. The van der Waals surface area contributed by atoms with Crippen molar-refractivity contribution in [3.05, 3.63) is 71.7 Å². The predicted octanol–water partition coefficient (Wildman–Crippen LogP) is 3.49. The largest absolute Gasteiger partial charge is 0.435 e. The van der Waals surface area contributed by atoms with Gasteiger partial charge in [-0.2, -0.15) is 18.3 Å². The van der Waals surface area contributed by atoms with Crippen LogP contribution >= 0.6 is 0 Å². The lowest BCUT2D eigenvalue weighted by Crippen LogP contribution is -2.14. The third kappa shape index (κ3) is 4.52. The molecule has 5 nitrogen and oxygen atoms in total. The number of hydrogen-bond donors (Lipinski definition) is 1. The number of nitrogens with zero attached hydrogens (tertiary/aromatic N) is 2. The van der Waals surface area contributed by atoms with E-state index >= 15 is 0 Å². The topological polar surface area (TPSA) is 78.0 Å². The van der Waals surface area contributed by atoms with Crippen LogP contribution in [0.25, 0.3) is 16.9 Å². The molecule has 27 heavy (non-hydrogen) atoms. The molecule has 0 spiro atoms. The third-order valence-corrected chi connectivity index (χ3v) is 4.42. The lowest BCUT2D eigenvalue weighted by atomic mass is 10.1. The van der Waals surface area contributed by atoms with Gasteiger partial charge in [-0.15, -0.1) is 0 Å². The van der Waals surface area contributed by atoms with Gasteiger partial charge < -0.3 is 0 Å². The first kappa shape index (κ1) is 19.1. The summed E-state index contributed by atoms with van der Waals surface area (Å²) in [6, 6.07) is 11.6. The standard InChI is InChI=1S/C17H13F4N3O2S/c18-13-5-3-12(4-6-13)15-9-16(17(19,20)21)23-24(15)14-7-1-11(2-8-14)10-27(22,25)26/h1-9H,10H2,(H2,22,25,26). The highest BCUT2D eigenvalue weighted by atomic mass is 32.2. The van der Waals surface area contributed by atoms with E-state index < -0.39 is 33.5 Å². The number of primary sulfonamides is 1. The highest BCUT2D eigenvalue weighted by Crippen LogP contribution is 2.33. The fourth-order valence-corrected chi connectivity index (χ4v) is 3.17. The van der Waals surface area contributed by atoms with Crippen LogP contribution in [0.1, 0.15) is 11.3 Å². The van der Waals surface area contributed by atoms with Crippen LogP contribution in [0.15, 0.2) is 54.6 Å². The summed E-state index contributed by atoms with van der Waals surface area (Å²) in [6.45, 7) is 0. The average Bonchev–Trinajstić information content (AvgIpc) is 3.00. The molecule has 10 heteroatoms. The molecule has 3 aromatic rings. The molecule has 0 aliphatic heterocycles. The molecule has 3 rings (SSSR count). The number of sulfonamides is 1. The summed E-state index contributed by atoms with van der Waals surface area (Å²) >= 11 is 0. The molecule has 0 aliphatic carbocycles. The first-order valence-electron chi connectivity index (χ1n) is 7.56. The maximum absolute atomic E-state index is 13.1. The van der Waals surface area contributed by atoms with Crippen LogP contribution in [0.5, 0.6) is 0 Å². The molecule has 1 aromatic heterocycles. The molecule has 1 heterocycles. The number of halogens is 4. The molecule has 2 N–H and O–H groups in total. The van der Waals surface area contributed by atoms with Gasteiger partial charge in [-0.3, -0.25) is 0 Å². The van der Waals surface area contributed by atoms with Gasteiger partial charge in [-0.05, 0) is 48.0 Å². The Balaban J connectivity index is 2.08. The third-order valence-electron chi connectivity index (χ3n) is 3.69. The van der Waals surface area contributed by atoms with E-state index in [-0.39, 0.29) is 11.4 Å². The highest BCUT2D eigenvalue weighted by Gasteiger charge is 2.35. The van der Waals surface area contributed by atoms with E-state index in [1.54, 1.807) is 0 Å². The van der Waals surface area contributed by atoms with Gasteiger partial charge in [0.05, 0.1) is 17.1 Å². The van der Waals surface area contributed by atoms with Crippen molar-refractivity contribution in [2.75, 3.05) is 0 Å². The Morgan fingerprint density at radius 1 is 1.00 bits per heavy atom. The molecule has 0 saturated heterocycles. The summed E-state index contributed by atoms with van der Waals surface area (Å²) in [7, 11) is -3.73. The first-order valence-corrected chi connectivity index (χ1v) is 9.27. The van der Waals surface area contributed by atoms with Crippen molar-refractivity contribution in [2.24, 2.45) is 5.14 Å². The summed E-state index contributed by atoms with van der Waals surface area (Å²) in [6.07, 6.45) is -4.66. The Kier molecular flexibility index (Phi) is 4.79. The Morgan fingerprint density at radius 3 is 2.11 bits per heavy atom. The second kappa shape index (κ2) is 6.78. The smallest absolute Gasteiger partial charge is 0.233 e. The monoisotopic (exact) mass is 399 g/mol. The van der Waals surface area contributed by atoms with Crippen molar-refractivity contribution in [1.82, 2.24) is 9.78 Å². The summed E-state index contributed by atoms with van der Waals surface area (Å²) in [5.41, 5.74) is 0.0146. The van der Waals surface area contributed by atoms with Crippen molar-refractivity contribution in [2.45, 2.75) is 11.9 Å². The summed E-state index contributed by atoms with van der Waals surface area (Å²) < 4.78 is 75.8. The second-order valence-corrected chi connectivity index (χ2v) is 7.42. The zero-order valence-electron chi connectivity index (χ0n) is 13.6. The fraction of sp³-hybridized carbons (Fsp3) is 0.118. The van der Waals surface area contributed by atoms with Crippen LogP contribution in [-0.4, -0.2) is 18.2 Å². The number of alkyl halides is 3. The van der Waals surface area contributed by atoms with Crippen molar-refractivity contribution >= 4 is 10.0 Å². The van der Waals surface area contributed by atoms with Crippen LogP contribution in [0, 0.1) is 5.82 Å². The number of benzene rings is 2. The molecule has 0 radical (unpaired) electrons. The number of rotatable bonds is 4. The van der Waals surface area contributed by atoms with E-state index in [0.29, 0.717) is 11.1 Å². The minimum Gasteiger partial charge on any atom is -0.233 e. The highest BCUT2D eigenvalue weighted by molar-refractivity contribution is 7.88. The van der Waals surface area contributed by atoms with Gasteiger partial charge in [-0.25, -0.2) is 22.6 Å². The molecule has 0 aliphatic rings. The van der Waals surface area contributed by atoms with Crippen LogP contribution in [0.2, 0.25) is 0 Å². The lowest BCUT2D eigenvalue weighted by Gasteiger charge is -2.09. The van der Waals surface area contributed by atoms with Crippen LogP contribution in [0.3, 0.4) is 0 Å². The Morgan fingerprint density at radius 2 is 1.59 bits per heavy atom. The summed E-state index contributed by atoms with van der Waals surface area (Å²) in [5.74, 6) is -0.918. The van der Waals surface area contributed by atoms with E-state index in [9.17, 15) is 26.0 Å². The van der Waals surface area contributed by atoms with Crippen LogP contribution in [-0.2, 0) is 22.0 Å². The van der Waals surface area contributed by atoms with E-state index in [1.165, 1.54) is 36.4 Å². The SMILES string of the molecule is NS(=O)(=O)Cc1ccc(-n2nc(C(F)(F)F)cc2-c2ccc(F)cc2)cc1. The molecule has 0 bridgehead atoms. The maximum atomic E-state index is 13.1. The van der Waals surface area contributed by atoms with Crippen molar-refractivity contribution in [1.29, 1.82) is 0 Å². The molecule has 142 valence electrons. The van der Waals surface area contributed by atoms with Crippen LogP contribution < -0.4 is 5.14 Å². The molecule has 0 unspecified atom stereocenters. The zero-order valence-corrected chi connectivity index (χ0v) is 14.4. The number of nitrogens with two attached hydrogens (primary N) is 1. The van der Waals surface area contributed by atoms with Gasteiger partial charge in [0.1, 0.15) is 5.82 Å². The molecular formula is C17H13F4N3O2S. The summed E-state index contributed by atoms with van der Waals surface area (Å²) in [4.78, 5) is 0. The number of hydrogen-bond acceptors (Lipinski definition) is 3. The van der Waals surface area contributed by atoms with E-state index in [1.807, 2.05) is 0 Å². The van der Waals surface area contributed by atoms with Crippen LogP contribution in [0.4, 0.5) is 17.6 Å². The van der Waals surface area contributed by atoms with Crippen molar-refractivity contribution in [3.8, 4) is 16.9 Å². The molecule has 0 amide bonds. The van der Waals surface area contributed by atoms with Crippen molar-refractivity contribution < 1.29 is 26.0 Å². The second-order valence-electron chi connectivity index (χ2n) is 5.80. The van der Waals surface area contributed by atoms with E-state index in [2.05, 4.69) is 5.10 Å². The minimum absolute atomic E-state index is 0.113. The number of aromatic nitrogens is 2. The van der Waals surface area contributed by atoms with E-state index in [4.69, 9.17) is 5.14 Å². The van der Waals surface area contributed by atoms with Gasteiger partial charge in [0.15, 0.2) is 5.69 Å². The predicted molar refractivity (Wildman–Crippen MR) is 90.8 cm³/mol. The molecule has 0 fully saturated rings. The van der Waals surface area contributed by atoms with Gasteiger partial charge in [0, 0.05) is 5.56 Å². The zero-order chi connectivity index (χ0) is 19.8. The quantitative estimate of drug-likeness (QED) is 0.683. The van der Waals surface area contributed by atoms with Gasteiger partial charge in [0.2, 0.25) is 10.0 Å². The fourth-order valence-electron chi connectivity index (χ4n) is 2.51. The van der Waals surface area contributed by atoms with Crippen molar-refractivity contribution in [3.63, 3.8) is 0 Å². The maximum Gasteiger partial charge on any atom is 0.435 e. The van der Waals surface area contributed by atoms with Gasteiger partial charge in [-0.1, -0.05) is 12.1 Å². The molecular weight excluding hydrogens is 386 g/mol. The van der Waals surface area contributed by atoms with Gasteiger partial charge >= 0.3 is 6.18 Å². The molecule has 0 atom stereocenters. The Bertz CT molecular complexity index is 1060. The van der Waals surface area contributed by atoms with Gasteiger partial charge in [0.25, 0.3) is 0 Å². The Hall–Kier alpha value is -2.72. The molecule has 2 aromatic carbocycles. The van der Waals surface area contributed by atoms with E-state index in [0.717, 1.165) is 22.9 Å².